The topological polar surface area (TPSA) is 64.7 Å². The summed E-state index contributed by atoms with van der Waals surface area (Å²) in [5.41, 5.74) is 6.39. The van der Waals surface area contributed by atoms with E-state index in [0.29, 0.717) is 31.6 Å². The fraction of sp³-hybridized carbons (Fsp3) is 0.818. The molecule has 0 aromatic carbocycles. The maximum atomic E-state index is 14.1. The highest BCUT2D eigenvalue weighted by Gasteiger charge is 2.62. The van der Waals surface area contributed by atoms with Crippen molar-refractivity contribution in [1.82, 2.24) is 0 Å². The molecular formula is C22H32F2N2O2. The summed E-state index contributed by atoms with van der Waals surface area (Å²) in [5, 5.41) is 4.23. The Morgan fingerprint density at radius 3 is 2.68 bits per heavy atom. The number of rotatable bonds is 3. The van der Waals surface area contributed by atoms with Crippen LogP contribution in [0, 0.1) is 34.5 Å². The molecule has 6 heteroatoms. The van der Waals surface area contributed by atoms with E-state index in [9.17, 15) is 13.6 Å². The van der Waals surface area contributed by atoms with Crippen molar-refractivity contribution >= 4 is 11.5 Å². The zero-order valence-electron chi connectivity index (χ0n) is 17.0. The summed E-state index contributed by atoms with van der Waals surface area (Å²) in [7, 11) is 0. The highest BCUT2D eigenvalue weighted by Crippen LogP contribution is 2.67. The Hall–Kier alpha value is -1.30. The number of ketones is 1. The number of carbonyl (C=O) groups is 1. The van der Waals surface area contributed by atoms with Gasteiger partial charge in [0.2, 0.25) is 0 Å². The van der Waals surface area contributed by atoms with Crippen LogP contribution in [0.1, 0.15) is 65.2 Å². The molecule has 156 valence electrons. The molecule has 0 radical (unpaired) electrons. The zero-order valence-corrected chi connectivity index (χ0v) is 17.0. The predicted octanol–water partition coefficient (Wildman–Crippen LogP) is 4.69. The maximum Gasteiger partial charge on any atom is 0.269 e. The number of carbonyl (C=O) groups excluding carboxylic acids is 1. The lowest BCUT2D eigenvalue weighted by Gasteiger charge is -2.60. The van der Waals surface area contributed by atoms with Crippen LogP contribution in [0.4, 0.5) is 8.78 Å². The fourth-order valence-corrected chi connectivity index (χ4v) is 7.05. The third-order valence-electron chi connectivity index (χ3n) is 8.71. The molecule has 4 unspecified atom stereocenters. The number of fused-ring (bicyclic) bond motifs is 5. The first-order valence-corrected chi connectivity index (χ1v) is 10.8. The molecule has 4 nitrogen and oxygen atoms in total. The van der Waals surface area contributed by atoms with Gasteiger partial charge in [0.1, 0.15) is 12.4 Å². The molecule has 4 rings (SSSR count). The second-order valence-corrected chi connectivity index (χ2v) is 9.83. The van der Waals surface area contributed by atoms with Gasteiger partial charge in [0.25, 0.3) is 6.08 Å². The Morgan fingerprint density at radius 2 is 1.96 bits per heavy atom. The summed E-state index contributed by atoms with van der Waals surface area (Å²) < 4.78 is 28.3. The number of nitrogens with two attached hydrogens (primary N) is 1. The fourth-order valence-electron chi connectivity index (χ4n) is 7.05. The molecule has 4 fully saturated rings. The van der Waals surface area contributed by atoms with E-state index < -0.39 is 11.5 Å². The lowest BCUT2D eigenvalue weighted by Crippen LogP contribution is -2.54. The van der Waals surface area contributed by atoms with Gasteiger partial charge in [0.05, 0.1) is 5.71 Å². The molecule has 4 saturated carbocycles. The molecule has 0 spiro atoms. The van der Waals surface area contributed by atoms with Gasteiger partial charge >= 0.3 is 0 Å². The maximum absolute atomic E-state index is 14.1. The Morgan fingerprint density at radius 1 is 1.18 bits per heavy atom. The monoisotopic (exact) mass is 394 g/mol. The Bertz CT molecular complexity index is 717. The minimum absolute atomic E-state index is 0.0312. The summed E-state index contributed by atoms with van der Waals surface area (Å²) in [6.07, 6.45) is 4.52. The van der Waals surface area contributed by atoms with E-state index in [4.69, 9.17) is 10.6 Å². The molecule has 6 atom stereocenters. The van der Waals surface area contributed by atoms with Crippen LogP contribution in [0.2, 0.25) is 0 Å². The third kappa shape index (κ3) is 2.94. The van der Waals surface area contributed by atoms with Crippen molar-refractivity contribution in [3.05, 3.63) is 11.7 Å². The van der Waals surface area contributed by atoms with Crippen LogP contribution in [-0.2, 0) is 9.63 Å². The van der Waals surface area contributed by atoms with Crippen LogP contribution in [-0.4, -0.2) is 24.6 Å². The van der Waals surface area contributed by atoms with Crippen molar-refractivity contribution in [2.45, 2.75) is 65.2 Å². The molecule has 0 aromatic rings. The van der Waals surface area contributed by atoms with Crippen LogP contribution in [0.15, 0.2) is 16.8 Å². The lowest BCUT2D eigenvalue weighted by atomic mass is 9.44. The van der Waals surface area contributed by atoms with Crippen molar-refractivity contribution in [3.8, 4) is 0 Å². The van der Waals surface area contributed by atoms with Gasteiger partial charge in [-0.1, -0.05) is 19.0 Å². The first-order valence-electron chi connectivity index (χ1n) is 10.8. The summed E-state index contributed by atoms with van der Waals surface area (Å²) >= 11 is 0. The van der Waals surface area contributed by atoms with Gasteiger partial charge < -0.3 is 10.6 Å². The molecule has 4 aliphatic carbocycles. The van der Waals surface area contributed by atoms with Crippen LogP contribution >= 0.6 is 0 Å². The number of nitrogens with zero attached hydrogens (tertiary/aromatic N) is 1. The van der Waals surface area contributed by atoms with E-state index >= 15 is 0 Å². The molecule has 2 N–H and O–H groups in total. The summed E-state index contributed by atoms with van der Waals surface area (Å²) in [4.78, 5) is 17.8. The molecular weight excluding hydrogens is 362 g/mol. The molecule has 28 heavy (non-hydrogen) atoms. The van der Waals surface area contributed by atoms with Gasteiger partial charge in [-0.2, -0.15) is 8.78 Å². The number of allylic oxidation sites excluding steroid dienone is 1. The van der Waals surface area contributed by atoms with Gasteiger partial charge in [-0.25, -0.2) is 0 Å². The normalized spacial score (nSPS) is 44.1. The van der Waals surface area contributed by atoms with E-state index in [-0.39, 0.29) is 34.9 Å². The minimum atomic E-state index is -1.51. The standard InChI is InChI=1S/C22H32F2N2O2/c1-21-7-5-14(26-28-10-9-25)11-13(21)12-15(20(23)24)19-16-3-4-18(27)22(16,2)8-6-17(19)21/h13,16-17,19H,3-12,25H2,1-2H3/t13?,16?,17?,19?,21-,22-/m0/s1. The quantitative estimate of drug-likeness (QED) is 0.558. The zero-order chi connectivity index (χ0) is 20.1. The summed E-state index contributed by atoms with van der Waals surface area (Å²) in [6.45, 7) is 5.14. The van der Waals surface area contributed by atoms with Crippen LogP contribution in [0.25, 0.3) is 0 Å². The highest BCUT2D eigenvalue weighted by atomic mass is 19.3. The highest BCUT2D eigenvalue weighted by molar-refractivity contribution is 5.87. The van der Waals surface area contributed by atoms with E-state index in [0.717, 1.165) is 44.2 Å². The van der Waals surface area contributed by atoms with Gasteiger partial charge in [0.15, 0.2) is 0 Å². The first-order chi connectivity index (χ1) is 13.3. The smallest absolute Gasteiger partial charge is 0.269 e. The van der Waals surface area contributed by atoms with E-state index in [2.05, 4.69) is 12.1 Å². The van der Waals surface area contributed by atoms with Gasteiger partial charge in [-0.3, -0.25) is 4.79 Å². The number of halogens is 2. The first kappa shape index (κ1) is 20.0. The predicted molar refractivity (Wildman–Crippen MR) is 104 cm³/mol. The molecule has 0 saturated heterocycles. The summed E-state index contributed by atoms with van der Waals surface area (Å²) in [5.74, 6) is 0.635. The average molecular weight is 395 g/mol. The van der Waals surface area contributed by atoms with Crippen molar-refractivity contribution in [2.24, 2.45) is 45.4 Å². The molecule has 0 amide bonds. The van der Waals surface area contributed by atoms with E-state index in [1.54, 1.807) is 0 Å². The van der Waals surface area contributed by atoms with Gasteiger partial charge in [-0.05, 0) is 79.6 Å². The lowest BCUT2D eigenvalue weighted by molar-refractivity contribution is -0.133. The van der Waals surface area contributed by atoms with Gasteiger partial charge in [-0.15, -0.1) is 0 Å². The van der Waals surface area contributed by atoms with Crippen molar-refractivity contribution in [3.63, 3.8) is 0 Å². The van der Waals surface area contributed by atoms with Crippen LogP contribution in [0.5, 0.6) is 0 Å². The molecule has 0 heterocycles. The Labute approximate surface area is 165 Å². The number of oxime groups is 1. The van der Waals surface area contributed by atoms with Crippen molar-refractivity contribution in [1.29, 1.82) is 0 Å². The van der Waals surface area contributed by atoms with Crippen molar-refractivity contribution < 1.29 is 18.4 Å². The molecule has 4 aliphatic rings. The van der Waals surface area contributed by atoms with Crippen molar-refractivity contribution in [2.75, 3.05) is 13.2 Å². The number of Topliss-reactive ketones (excluding diaryl/α,β-unsaturated/α-hetero) is 1. The summed E-state index contributed by atoms with van der Waals surface area (Å²) in [6, 6.07) is 0. The second-order valence-electron chi connectivity index (χ2n) is 9.83. The SMILES string of the molecule is C[C@]12CCC(=NOCCN)CC1CC(=C(F)F)C1C2CC[C@]2(C)C(=O)CCC12. The number of hydrogen-bond acceptors (Lipinski definition) is 4. The Balaban J connectivity index is 1.65. The van der Waals surface area contributed by atoms with E-state index in [1.165, 1.54) is 0 Å². The second kappa shape index (κ2) is 7.19. The number of hydrogen-bond donors (Lipinski definition) is 1. The van der Waals surface area contributed by atoms with Crippen LogP contribution < -0.4 is 5.73 Å². The largest absolute Gasteiger partial charge is 0.395 e. The molecule has 0 aliphatic heterocycles. The van der Waals surface area contributed by atoms with Crippen LogP contribution in [0.3, 0.4) is 0 Å². The van der Waals surface area contributed by atoms with Gasteiger partial charge in [0, 0.05) is 18.4 Å². The van der Waals surface area contributed by atoms with E-state index in [1.807, 2.05) is 6.92 Å². The minimum Gasteiger partial charge on any atom is -0.395 e. The average Bonchev–Trinajstić information content (AvgIpc) is 2.96. The molecule has 0 bridgehead atoms. The Kier molecular flexibility index (Phi) is 5.13. The third-order valence-corrected chi connectivity index (χ3v) is 8.71. The molecule has 0 aromatic heterocycles.